The van der Waals surface area contributed by atoms with Crippen LogP contribution in [0.25, 0.3) is 0 Å². The maximum absolute atomic E-state index is 11.9. The number of hydrogen-bond acceptors (Lipinski definition) is 5. The zero-order valence-electron chi connectivity index (χ0n) is 24.6. The second-order valence-corrected chi connectivity index (χ2v) is 11.3. The first-order valence-corrected chi connectivity index (χ1v) is 15.0. The zero-order chi connectivity index (χ0) is 28.5. The van der Waals surface area contributed by atoms with Crippen LogP contribution in [-0.2, 0) is 20.7 Å². The largest absolute Gasteiger partial charge is 0.494 e. The van der Waals surface area contributed by atoms with Gasteiger partial charge in [0.25, 0.3) is 0 Å². The summed E-state index contributed by atoms with van der Waals surface area (Å²) in [6.45, 7) is 16.4. The number of ether oxygens (including phenoxy) is 3. The lowest BCUT2D eigenvalue weighted by molar-refractivity contribution is -0.140. The van der Waals surface area contributed by atoms with Crippen molar-refractivity contribution in [2.45, 2.75) is 90.9 Å². The number of rotatable bonds is 20. The van der Waals surface area contributed by atoms with Gasteiger partial charge in [-0.2, -0.15) is 0 Å². The van der Waals surface area contributed by atoms with Crippen molar-refractivity contribution in [3.63, 3.8) is 0 Å². The van der Waals surface area contributed by atoms with E-state index in [-0.39, 0.29) is 18.5 Å². The van der Waals surface area contributed by atoms with Crippen molar-refractivity contribution in [3.8, 4) is 5.75 Å². The lowest BCUT2D eigenvalue weighted by Gasteiger charge is -2.29. The van der Waals surface area contributed by atoms with Crippen LogP contribution < -0.4 is 4.74 Å². The Morgan fingerprint density at radius 2 is 1.59 bits per heavy atom. The summed E-state index contributed by atoms with van der Waals surface area (Å²) >= 11 is 0. The summed E-state index contributed by atoms with van der Waals surface area (Å²) in [4.78, 5) is 11.9. The van der Waals surface area contributed by atoms with Gasteiger partial charge in [-0.05, 0) is 75.0 Å². The number of aliphatic hydroxyl groups is 1. The van der Waals surface area contributed by atoms with Crippen molar-refractivity contribution in [1.82, 2.24) is 0 Å². The Labute approximate surface area is 237 Å². The highest BCUT2D eigenvalue weighted by molar-refractivity contribution is 5.86. The molecule has 0 saturated heterocycles. The Morgan fingerprint density at radius 3 is 2.21 bits per heavy atom. The standard InChI is InChI=1S/C34H52O5/c1-6-7-8-10-29-18-20-33(21-19-29)37-22-9-11-30-12-14-31(15-13-30)16-17-32(25-39-34(36)26(2)3)24-38-28(5)27(4)23-35/h18-21,30-32,35H,2,4-17,22-25H2,1,3H3. The Hall–Kier alpha value is -2.53. The molecule has 39 heavy (non-hydrogen) atoms. The van der Waals surface area contributed by atoms with Gasteiger partial charge in [-0.1, -0.05) is 77.3 Å². The molecular formula is C34H52O5. The first-order chi connectivity index (χ1) is 18.8. The van der Waals surface area contributed by atoms with Crippen LogP contribution in [0.5, 0.6) is 5.75 Å². The molecule has 0 radical (unpaired) electrons. The first kappa shape index (κ1) is 32.7. The Kier molecular flexibility index (Phi) is 15.7. The van der Waals surface area contributed by atoms with Crippen LogP contribution in [0, 0.1) is 17.8 Å². The van der Waals surface area contributed by atoms with E-state index in [0.29, 0.717) is 36.0 Å². The molecule has 0 bridgehead atoms. The average molecular weight is 541 g/mol. The number of unbranched alkanes of at least 4 members (excludes halogenated alkanes) is 2. The maximum atomic E-state index is 11.9. The lowest BCUT2D eigenvalue weighted by Crippen LogP contribution is -2.22. The SMILES string of the molecule is C=C(C)C(=O)OCC(CCC1CCC(CCCOc2ccc(CCCCC)cc2)CC1)COC(=C)C(=C)CO. The van der Waals surface area contributed by atoms with Crippen LogP contribution in [0.3, 0.4) is 0 Å². The van der Waals surface area contributed by atoms with E-state index in [1.165, 1.54) is 56.9 Å². The van der Waals surface area contributed by atoms with Gasteiger partial charge in [0, 0.05) is 17.1 Å². The fourth-order valence-electron chi connectivity index (χ4n) is 5.11. The molecule has 1 saturated carbocycles. The first-order valence-electron chi connectivity index (χ1n) is 15.0. The molecule has 1 aromatic carbocycles. The van der Waals surface area contributed by atoms with E-state index in [9.17, 15) is 9.90 Å². The molecule has 1 aliphatic rings. The van der Waals surface area contributed by atoms with Crippen LogP contribution in [0.1, 0.15) is 90.0 Å². The average Bonchev–Trinajstić information content (AvgIpc) is 2.95. The monoisotopic (exact) mass is 540 g/mol. The summed E-state index contributed by atoms with van der Waals surface area (Å²) in [5, 5.41) is 9.24. The number of benzene rings is 1. The molecule has 218 valence electrons. The van der Waals surface area contributed by atoms with E-state index >= 15 is 0 Å². The summed E-state index contributed by atoms with van der Waals surface area (Å²) in [7, 11) is 0. The van der Waals surface area contributed by atoms with Gasteiger partial charge in [-0.3, -0.25) is 0 Å². The van der Waals surface area contributed by atoms with Crippen molar-refractivity contribution in [1.29, 1.82) is 0 Å². The van der Waals surface area contributed by atoms with Crippen molar-refractivity contribution in [3.05, 3.63) is 66.5 Å². The number of esters is 1. The second kappa shape index (κ2) is 18.7. The molecule has 2 rings (SSSR count). The third kappa shape index (κ3) is 13.4. The summed E-state index contributed by atoms with van der Waals surface area (Å²) in [5.74, 6) is 2.55. The van der Waals surface area contributed by atoms with Gasteiger partial charge in [0.2, 0.25) is 0 Å². The molecule has 1 unspecified atom stereocenters. The van der Waals surface area contributed by atoms with Crippen molar-refractivity contribution in [2.24, 2.45) is 17.8 Å². The van der Waals surface area contributed by atoms with Crippen LogP contribution in [0.4, 0.5) is 0 Å². The van der Waals surface area contributed by atoms with Gasteiger partial charge in [0.1, 0.15) is 11.5 Å². The minimum absolute atomic E-state index is 0.0665. The van der Waals surface area contributed by atoms with Gasteiger partial charge < -0.3 is 19.3 Å². The quantitative estimate of drug-likeness (QED) is 0.0597. The zero-order valence-corrected chi connectivity index (χ0v) is 24.6. The number of carbonyl (C=O) groups is 1. The van der Waals surface area contributed by atoms with Gasteiger partial charge in [0.05, 0.1) is 26.4 Å². The fourth-order valence-corrected chi connectivity index (χ4v) is 5.11. The van der Waals surface area contributed by atoms with E-state index < -0.39 is 0 Å². The minimum Gasteiger partial charge on any atom is -0.494 e. The number of carbonyl (C=O) groups excluding carboxylic acids is 1. The third-order valence-electron chi connectivity index (χ3n) is 7.84. The van der Waals surface area contributed by atoms with Crippen LogP contribution in [0.15, 0.2) is 60.9 Å². The van der Waals surface area contributed by atoms with Gasteiger partial charge in [-0.25, -0.2) is 4.79 Å². The van der Waals surface area contributed by atoms with E-state index in [2.05, 4.69) is 50.9 Å². The topological polar surface area (TPSA) is 65.0 Å². The molecule has 0 aliphatic heterocycles. The Bertz CT molecular complexity index is 879. The molecule has 0 amide bonds. The molecule has 1 N–H and O–H groups in total. The molecule has 1 fully saturated rings. The molecule has 1 atom stereocenters. The molecule has 5 nitrogen and oxygen atoms in total. The molecule has 1 aliphatic carbocycles. The third-order valence-corrected chi connectivity index (χ3v) is 7.84. The van der Waals surface area contributed by atoms with Crippen molar-refractivity contribution >= 4 is 5.97 Å². The highest BCUT2D eigenvalue weighted by Gasteiger charge is 2.23. The van der Waals surface area contributed by atoms with E-state index in [1.54, 1.807) is 6.92 Å². The van der Waals surface area contributed by atoms with Crippen LogP contribution in [-0.4, -0.2) is 37.5 Å². The van der Waals surface area contributed by atoms with Crippen LogP contribution in [0.2, 0.25) is 0 Å². The molecule has 0 aromatic heterocycles. The molecule has 5 heteroatoms. The molecule has 1 aromatic rings. The summed E-state index contributed by atoms with van der Waals surface area (Å²) in [5.41, 5.74) is 2.26. The second-order valence-electron chi connectivity index (χ2n) is 11.3. The van der Waals surface area contributed by atoms with E-state index in [1.807, 2.05) is 0 Å². The maximum Gasteiger partial charge on any atom is 0.333 e. The highest BCUT2D eigenvalue weighted by atomic mass is 16.5. The van der Waals surface area contributed by atoms with Crippen molar-refractivity contribution < 1.29 is 24.1 Å². The van der Waals surface area contributed by atoms with Gasteiger partial charge in [-0.15, -0.1) is 0 Å². The predicted octanol–water partition coefficient (Wildman–Crippen LogP) is 7.98. The molecule has 0 spiro atoms. The predicted molar refractivity (Wildman–Crippen MR) is 160 cm³/mol. The number of aryl methyl sites for hydroxylation is 1. The van der Waals surface area contributed by atoms with Gasteiger partial charge >= 0.3 is 5.97 Å². The summed E-state index contributed by atoms with van der Waals surface area (Å²) < 4.78 is 17.2. The fraction of sp³-hybridized carbons (Fsp3) is 0.618. The van der Waals surface area contributed by atoms with Gasteiger partial charge in [0.15, 0.2) is 0 Å². The summed E-state index contributed by atoms with van der Waals surface area (Å²) in [6, 6.07) is 8.64. The van der Waals surface area contributed by atoms with E-state index in [4.69, 9.17) is 14.2 Å². The Balaban J connectivity index is 1.65. The minimum atomic E-state index is -0.373. The number of aliphatic hydroxyl groups excluding tert-OH is 1. The van der Waals surface area contributed by atoms with Crippen molar-refractivity contribution in [2.75, 3.05) is 26.4 Å². The summed E-state index contributed by atoms with van der Waals surface area (Å²) in [6.07, 6.45) is 14.4. The molecule has 0 heterocycles. The molecular weight excluding hydrogens is 488 g/mol. The highest BCUT2D eigenvalue weighted by Crippen LogP contribution is 2.35. The Morgan fingerprint density at radius 1 is 0.949 bits per heavy atom. The lowest BCUT2D eigenvalue weighted by atomic mass is 9.77. The van der Waals surface area contributed by atoms with E-state index in [0.717, 1.165) is 44.0 Å². The normalized spacial score (nSPS) is 17.7. The smallest absolute Gasteiger partial charge is 0.333 e. The number of hydrogen-bond donors (Lipinski definition) is 1. The van der Waals surface area contributed by atoms with Crippen LogP contribution >= 0.6 is 0 Å².